The lowest BCUT2D eigenvalue weighted by Crippen LogP contribution is -2.23. The lowest BCUT2D eigenvalue weighted by Gasteiger charge is -2.13. The van der Waals surface area contributed by atoms with Crippen molar-refractivity contribution in [1.82, 2.24) is 19.3 Å². The molecule has 0 unspecified atom stereocenters. The van der Waals surface area contributed by atoms with Gasteiger partial charge in [-0.3, -0.25) is 19.0 Å². The molecule has 0 spiro atoms. The van der Waals surface area contributed by atoms with Crippen LogP contribution in [0.5, 0.6) is 5.75 Å². The second-order valence-electron chi connectivity index (χ2n) is 7.27. The normalized spacial score (nSPS) is 10.7. The molecule has 168 valence electrons. The number of nitrogens with one attached hydrogen (secondary N) is 2. The van der Waals surface area contributed by atoms with E-state index in [-0.39, 0.29) is 30.3 Å². The van der Waals surface area contributed by atoms with Crippen molar-refractivity contribution < 1.29 is 14.3 Å². The zero-order chi connectivity index (χ0) is 23.4. The number of hydrogen-bond acceptors (Lipinski definition) is 6. The maximum atomic E-state index is 12.9. The molecule has 10 heteroatoms. The molecule has 10 nitrogen and oxygen atoms in total. The van der Waals surface area contributed by atoms with E-state index in [0.29, 0.717) is 28.2 Å². The summed E-state index contributed by atoms with van der Waals surface area (Å²) in [4.78, 5) is 41.1. The smallest absolute Gasteiger partial charge is 0.264 e. The minimum absolute atomic E-state index is 0.0352. The zero-order valence-electron chi connectivity index (χ0n) is 18.1. The summed E-state index contributed by atoms with van der Waals surface area (Å²) in [5, 5.41) is 10.1. The van der Waals surface area contributed by atoms with Gasteiger partial charge < -0.3 is 15.4 Å². The molecule has 2 N–H and O–H groups in total. The maximum absolute atomic E-state index is 12.9. The molecule has 2 aromatic heterocycles. The number of anilines is 2. The van der Waals surface area contributed by atoms with Crippen LogP contribution < -0.4 is 20.9 Å². The number of rotatable bonds is 7. The van der Waals surface area contributed by atoms with Gasteiger partial charge >= 0.3 is 0 Å². The van der Waals surface area contributed by atoms with Crippen molar-refractivity contribution in [2.45, 2.75) is 19.9 Å². The van der Waals surface area contributed by atoms with Crippen molar-refractivity contribution in [3.63, 3.8) is 0 Å². The van der Waals surface area contributed by atoms with Crippen LogP contribution in [0.3, 0.4) is 0 Å². The molecule has 0 fully saturated rings. The molecular weight excluding hydrogens is 424 g/mol. The summed E-state index contributed by atoms with van der Waals surface area (Å²) in [6.07, 6.45) is 2.93. The van der Waals surface area contributed by atoms with E-state index in [1.165, 1.54) is 31.1 Å². The number of benzene rings is 2. The van der Waals surface area contributed by atoms with E-state index in [9.17, 15) is 14.4 Å². The average Bonchev–Trinajstić information content (AvgIpc) is 3.24. The van der Waals surface area contributed by atoms with Crippen molar-refractivity contribution >= 4 is 34.2 Å². The largest absolute Gasteiger partial charge is 0.495 e. The third kappa shape index (κ3) is 4.74. The molecule has 0 aliphatic carbocycles. The molecule has 4 aromatic rings. The zero-order valence-corrected chi connectivity index (χ0v) is 18.1. The maximum Gasteiger partial charge on any atom is 0.264 e. The summed E-state index contributed by atoms with van der Waals surface area (Å²) in [6.45, 7) is 1.53. The minimum atomic E-state index is -0.319. The van der Waals surface area contributed by atoms with E-state index in [0.717, 1.165) is 5.69 Å². The molecule has 33 heavy (non-hydrogen) atoms. The molecule has 0 bridgehead atoms. The Bertz CT molecular complexity index is 1380. The second kappa shape index (κ2) is 9.35. The lowest BCUT2D eigenvalue weighted by molar-refractivity contribution is -0.116. The SMILES string of the molecule is COc1ccc(NC(C)=O)cc1NC(=O)CCn1cnc2c(cnn2-c2ccccc2)c1=O. The molecule has 0 aliphatic heterocycles. The number of nitrogens with zero attached hydrogens (tertiary/aromatic N) is 4. The molecule has 0 atom stereocenters. The molecule has 0 saturated carbocycles. The molecule has 2 heterocycles. The number of para-hydroxylation sites is 1. The number of carbonyl (C=O) groups is 2. The Morgan fingerprint density at radius 1 is 1.09 bits per heavy atom. The van der Waals surface area contributed by atoms with Crippen molar-refractivity contribution in [3.05, 3.63) is 71.4 Å². The predicted molar refractivity (Wildman–Crippen MR) is 124 cm³/mol. The summed E-state index contributed by atoms with van der Waals surface area (Å²) >= 11 is 0. The molecular formula is C23H22N6O4. The van der Waals surface area contributed by atoms with Gasteiger partial charge in [-0.05, 0) is 30.3 Å². The number of carbonyl (C=O) groups excluding carboxylic acids is 2. The van der Waals surface area contributed by atoms with Gasteiger partial charge in [-0.2, -0.15) is 5.10 Å². The highest BCUT2D eigenvalue weighted by atomic mass is 16.5. The van der Waals surface area contributed by atoms with Gasteiger partial charge in [-0.25, -0.2) is 9.67 Å². The Morgan fingerprint density at radius 2 is 1.88 bits per heavy atom. The number of fused-ring (bicyclic) bond motifs is 1. The third-order valence-electron chi connectivity index (χ3n) is 4.93. The van der Waals surface area contributed by atoms with Gasteiger partial charge in [-0.15, -0.1) is 0 Å². The Kier molecular flexibility index (Phi) is 6.16. The van der Waals surface area contributed by atoms with E-state index in [2.05, 4.69) is 20.7 Å². The number of ether oxygens (including phenoxy) is 1. The number of amides is 2. The monoisotopic (exact) mass is 446 g/mol. The molecule has 2 aromatic carbocycles. The van der Waals surface area contributed by atoms with Crippen molar-refractivity contribution in [2.24, 2.45) is 0 Å². The fourth-order valence-corrected chi connectivity index (χ4v) is 3.39. The molecule has 4 rings (SSSR count). The van der Waals surface area contributed by atoms with Crippen LogP contribution in [0.1, 0.15) is 13.3 Å². The Labute approximate surface area is 188 Å². The van der Waals surface area contributed by atoms with Crippen LogP contribution in [-0.4, -0.2) is 38.3 Å². The van der Waals surface area contributed by atoms with Crippen molar-refractivity contribution in [1.29, 1.82) is 0 Å². The summed E-state index contributed by atoms with van der Waals surface area (Å²) in [5.74, 6) is -0.0958. The number of aromatic nitrogens is 4. The first-order chi connectivity index (χ1) is 16.0. The Balaban J connectivity index is 1.49. The van der Waals surface area contributed by atoms with Gasteiger partial charge in [0.15, 0.2) is 5.65 Å². The van der Waals surface area contributed by atoms with E-state index in [1.54, 1.807) is 22.9 Å². The van der Waals surface area contributed by atoms with Crippen molar-refractivity contribution in [3.8, 4) is 11.4 Å². The predicted octanol–water partition coefficient (Wildman–Crippen LogP) is 2.58. The fraction of sp³-hybridized carbons (Fsp3) is 0.174. The summed E-state index contributed by atoms with van der Waals surface area (Å²) in [7, 11) is 1.49. The van der Waals surface area contributed by atoms with E-state index in [4.69, 9.17) is 4.74 Å². The van der Waals surface area contributed by atoms with E-state index >= 15 is 0 Å². The topological polar surface area (TPSA) is 120 Å². The highest BCUT2D eigenvalue weighted by Crippen LogP contribution is 2.28. The van der Waals surface area contributed by atoms with E-state index < -0.39 is 0 Å². The van der Waals surface area contributed by atoms with Gasteiger partial charge in [0, 0.05) is 25.6 Å². The van der Waals surface area contributed by atoms with Gasteiger partial charge in [-0.1, -0.05) is 18.2 Å². The van der Waals surface area contributed by atoms with Crippen LogP contribution in [0.4, 0.5) is 11.4 Å². The molecule has 2 amide bonds. The first-order valence-corrected chi connectivity index (χ1v) is 10.2. The summed E-state index contributed by atoms with van der Waals surface area (Å²) in [6, 6.07) is 14.3. The van der Waals surface area contributed by atoms with Crippen LogP contribution >= 0.6 is 0 Å². The highest BCUT2D eigenvalue weighted by molar-refractivity contribution is 5.94. The van der Waals surface area contributed by atoms with Crippen LogP contribution in [0.25, 0.3) is 16.7 Å². The molecule has 0 saturated heterocycles. The van der Waals surface area contributed by atoms with Crippen molar-refractivity contribution in [2.75, 3.05) is 17.7 Å². The summed E-state index contributed by atoms with van der Waals surface area (Å²) in [5.41, 5.74) is 1.91. The van der Waals surface area contributed by atoms with Crippen LogP contribution in [0.2, 0.25) is 0 Å². The number of hydrogen-bond donors (Lipinski definition) is 2. The Hall–Kier alpha value is -4.47. The first kappa shape index (κ1) is 21.8. The van der Waals surface area contributed by atoms with Gasteiger partial charge in [0.05, 0.1) is 31.0 Å². The first-order valence-electron chi connectivity index (χ1n) is 10.2. The van der Waals surface area contributed by atoms with Gasteiger partial charge in [0.25, 0.3) is 5.56 Å². The van der Waals surface area contributed by atoms with Crippen LogP contribution in [-0.2, 0) is 16.1 Å². The minimum Gasteiger partial charge on any atom is -0.495 e. The van der Waals surface area contributed by atoms with Gasteiger partial charge in [0.1, 0.15) is 11.1 Å². The standard InChI is InChI=1S/C23H22N6O4/c1-15(30)26-16-8-9-20(33-2)19(12-16)27-21(31)10-11-28-14-24-22-18(23(28)32)13-25-29(22)17-6-4-3-5-7-17/h3-9,12-14H,10-11H2,1-2H3,(H,26,30)(H,27,31). The quantitative estimate of drug-likeness (QED) is 0.450. The molecule has 0 aliphatic rings. The number of methoxy groups -OCH3 is 1. The molecule has 0 radical (unpaired) electrons. The van der Waals surface area contributed by atoms with Crippen LogP contribution in [0, 0.1) is 0 Å². The fourth-order valence-electron chi connectivity index (χ4n) is 3.39. The Morgan fingerprint density at radius 3 is 2.61 bits per heavy atom. The number of aryl methyl sites for hydroxylation is 1. The summed E-state index contributed by atoms with van der Waals surface area (Å²) < 4.78 is 8.25. The second-order valence-corrected chi connectivity index (χ2v) is 7.27. The van der Waals surface area contributed by atoms with Gasteiger partial charge in [0.2, 0.25) is 11.8 Å². The average molecular weight is 446 g/mol. The van der Waals surface area contributed by atoms with Crippen LogP contribution in [0.15, 0.2) is 65.8 Å². The highest BCUT2D eigenvalue weighted by Gasteiger charge is 2.13. The van der Waals surface area contributed by atoms with E-state index in [1.807, 2.05) is 30.3 Å². The third-order valence-corrected chi connectivity index (χ3v) is 4.93. The lowest BCUT2D eigenvalue weighted by atomic mass is 10.2.